The second kappa shape index (κ2) is 5.93. The van der Waals surface area contributed by atoms with Gasteiger partial charge in [-0.1, -0.05) is 0 Å². The van der Waals surface area contributed by atoms with Crippen LogP contribution < -0.4 is 9.46 Å². The van der Waals surface area contributed by atoms with Crippen molar-refractivity contribution in [3.63, 3.8) is 0 Å². The van der Waals surface area contributed by atoms with E-state index in [9.17, 15) is 17.2 Å². The normalized spacial score (nSPS) is 29.5. The van der Waals surface area contributed by atoms with Gasteiger partial charge in [0.05, 0.1) is 18.0 Å². The van der Waals surface area contributed by atoms with Crippen molar-refractivity contribution in [1.29, 1.82) is 0 Å². The van der Waals surface area contributed by atoms with Gasteiger partial charge in [0.1, 0.15) is 5.82 Å². The molecular weight excluding hydrogens is 340 g/mol. The highest BCUT2D eigenvalue weighted by molar-refractivity contribution is 7.90. The van der Waals surface area contributed by atoms with Gasteiger partial charge >= 0.3 is 0 Å². The Kier molecular flexibility index (Phi) is 4.01. The first-order chi connectivity index (χ1) is 11.5. The van der Waals surface area contributed by atoms with E-state index in [4.69, 9.17) is 9.47 Å². The summed E-state index contributed by atoms with van der Waals surface area (Å²) in [6.45, 7) is 0.704. The lowest BCUT2D eigenvalue weighted by Gasteiger charge is -2.42. The number of hydrogen-bond donors (Lipinski definition) is 1. The number of benzene rings is 1. The highest BCUT2D eigenvalue weighted by Gasteiger charge is 2.43. The SMILES string of the molecule is O=S(=O)(NC[C@@H]1OCCC2c3c(F)ccc(F)c3OC[C@H]21)C1CC1. The molecule has 5 nitrogen and oxygen atoms in total. The first-order valence-electron chi connectivity index (χ1n) is 8.18. The Bertz CT molecular complexity index is 751. The topological polar surface area (TPSA) is 64.6 Å². The summed E-state index contributed by atoms with van der Waals surface area (Å²) >= 11 is 0. The minimum absolute atomic E-state index is 0.0181. The number of nitrogens with one attached hydrogen (secondary N) is 1. The van der Waals surface area contributed by atoms with Gasteiger partial charge in [-0.3, -0.25) is 0 Å². The number of halogens is 2. The summed E-state index contributed by atoms with van der Waals surface area (Å²) in [4.78, 5) is 0. The van der Waals surface area contributed by atoms with E-state index in [1.165, 1.54) is 0 Å². The maximum absolute atomic E-state index is 14.2. The average Bonchev–Trinajstić information content (AvgIpc) is 3.41. The number of fused-ring (bicyclic) bond motifs is 3. The number of hydrogen-bond acceptors (Lipinski definition) is 4. The standard InChI is InChI=1S/C16H19F2NO4S/c17-12-3-4-13(18)16-15(12)10-5-6-22-14(11(10)8-23-16)7-19-24(20,21)9-1-2-9/h3-4,9-11,14,19H,1-2,5-8H2/t10?,11-,14+/m1/s1. The van der Waals surface area contributed by atoms with Crippen LogP contribution in [-0.4, -0.2) is 39.5 Å². The molecule has 0 amide bonds. The van der Waals surface area contributed by atoms with E-state index in [1.807, 2.05) is 0 Å². The summed E-state index contributed by atoms with van der Waals surface area (Å²) in [5.41, 5.74) is 0.254. The van der Waals surface area contributed by atoms with Gasteiger partial charge in [0.2, 0.25) is 10.0 Å². The van der Waals surface area contributed by atoms with Gasteiger partial charge in [-0.15, -0.1) is 0 Å². The van der Waals surface area contributed by atoms with E-state index in [1.54, 1.807) is 0 Å². The predicted molar refractivity (Wildman–Crippen MR) is 82.4 cm³/mol. The van der Waals surface area contributed by atoms with Crippen LogP contribution in [-0.2, 0) is 14.8 Å². The van der Waals surface area contributed by atoms with Crippen LogP contribution in [0.25, 0.3) is 0 Å². The fourth-order valence-corrected chi connectivity index (χ4v) is 5.04. The van der Waals surface area contributed by atoms with Crippen LogP contribution in [0.1, 0.15) is 30.7 Å². The fourth-order valence-electron chi connectivity index (χ4n) is 3.65. The minimum Gasteiger partial charge on any atom is -0.490 e. The number of sulfonamides is 1. The molecule has 2 aliphatic heterocycles. The van der Waals surface area contributed by atoms with Gasteiger partial charge in [-0.25, -0.2) is 21.9 Å². The van der Waals surface area contributed by atoms with E-state index < -0.39 is 27.8 Å². The quantitative estimate of drug-likeness (QED) is 0.892. The van der Waals surface area contributed by atoms with Crippen molar-refractivity contribution >= 4 is 10.0 Å². The minimum atomic E-state index is -3.30. The van der Waals surface area contributed by atoms with Crippen molar-refractivity contribution in [2.24, 2.45) is 5.92 Å². The monoisotopic (exact) mass is 359 g/mol. The molecule has 8 heteroatoms. The van der Waals surface area contributed by atoms with E-state index >= 15 is 0 Å². The molecule has 0 spiro atoms. The third-order valence-electron chi connectivity index (χ3n) is 5.09. The summed E-state index contributed by atoms with van der Waals surface area (Å²) in [6, 6.07) is 2.18. The zero-order valence-electron chi connectivity index (χ0n) is 13.0. The van der Waals surface area contributed by atoms with Crippen LogP contribution in [0, 0.1) is 17.6 Å². The molecule has 1 aromatic carbocycles. The molecule has 1 aliphatic carbocycles. The summed E-state index contributed by atoms with van der Waals surface area (Å²) in [5.74, 6) is -1.50. The first kappa shape index (κ1) is 16.2. The van der Waals surface area contributed by atoms with Gasteiger partial charge in [0, 0.05) is 30.6 Å². The van der Waals surface area contributed by atoms with Crippen LogP contribution >= 0.6 is 0 Å². The highest BCUT2D eigenvalue weighted by atomic mass is 32.2. The zero-order valence-corrected chi connectivity index (χ0v) is 13.8. The van der Waals surface area contributed by atoms with Crippen molar-refractivity contribution in [2.45, 2.75) is 36.5 Å². The van der Waals surface area contributed by atoms with Gasteiger partial charge in [-0.2, -0.15) is 0 Å². The summed E-state index contributed by atoms with van der Waals surface area (Å²) in [7, 11) is -3.30. The lowest BCUT2D eigenvalue weighted by atomic mass is 9.77. The van der Waals surface area contributed by atoms with Crippen molar-refractivity contribution in [3.05, 3.63) is 29.3 Å². The van der Waals surface area contributed by atoms with Gasteiger partial charge in [0.25, 0.3) is 0 Å². The Balaban J connectivity index is 1.55. The Morgan fingerprint density at radius 1 is 1.17 bits per heavy atom. The van der Waals surface area contributed by atoms with Crippen LogP contribution in [0.5, 0.6) is 5.75 Å². The fraction of sp³-hybridized carbons (Fsp3) is 0.625. The van der Waals surface area contributed by atoms with Crippen LogP contribution in [0.4, 0.5) is 8.78 Å². The molecule has 4 rings (SSSR count). The van der Waals surface area contributed by atoms with Crippen molar-refractivity contribution in [3.8, 4) is 5.75 Å². The maximum atomic E-state index is 14.2. The van der Waals surface area contributed by atoms with Gasteiger partial charge < -0.3 is 9.47 Å². The van der Waals surface area contributed by atoms with Crippen molar-refractivity contribution in [2.75, 3.05) is 19.8 Å². The Morgan fingerprint density at radius 3 is 2.67 bits per heavy atom. The Morgan fingerprint density at radius 2 is 1.92 bits per heavy atom. The van der Waals surface area contributed by atoms with Gasteiger partial charge in [0.15, 0.2) is 11.6 Å². The highest BCUT2D eigenvalue weighted by Crippen LogP contribution is 2.45. The van der Waals surface area contributed by atoms with Crippen molar-refractivity contribution < 1.29 is 26.7 Å². The molecule has 1 N–H and O–H groups in total. The second-order valence-electron chi connectivity index (χ2n) is 6.64. The molecule has 1 saturated carbocycles. The molecule has 1 unspecified atom stereocenters. The molecule has 3 aliphatic rings. The van der Waals surface area contributed by atoms with Crippen molar-refractivity contribution in [1.82, 2.24) is 4.72 Å². The van der Waals surface area contributed by atoms with Gasteiger partial charge in [-0.05, 0) is 31.4 Å². The van der Waals surface area contributed by atoms with E-state index in [0.717, 1.165) is 12.1 Å². The molecule has 1 saturated heterocycles. The average molecular weight is 359 g/mol. The third-order valence-corrected chi connectivity index (χ3v) is 7.01. The molecule has 0 radical (unpaired) electrons. The largest absolute Gasteiger partial charge is 0.490 e. The third kappa shape index (κ3) is 2.80. The molecule has 0 aromatic heterocycles. The summed E-state index contributed by atoms with van der Waals surface area (Å²) in [6.07, 6.45) is 1.53. The summed E-state index contributed by atoms with van der Waals surface area (Å²) < 4.78 is 65.9. The zero-order chi connectivity index (χ0) is 16.9. The first-order valence-corrected chi connectivity index (χ1v) is 9.73. The van der Waals surface area contributed by atoms with E-state index in [2.05, 4.69) is 4.72 Å². The summed E-state index contributed by atoms with van der Waals surface area (Å²) in [5, 5.41) is -0.299. The molecule has 24 heavy (non-hydrogen) atoms. The lowest BCUT2D eigenvalue weighted by molar-refractivity contribution is -0.0568. The van der Waals surface area contributed by atoms with Crippen LogP contribution in [0.3, 0.4) is 0 Å². The number of ether oxygens (including phenoxy) is 2. The van der Waals surface area contributed by atoms with Crippen LogP contribution in [0.15, 0.2) is 12.1 Å². The Hall–Kier alpha value is -1.25. The van der Waals surface area contributed by atoms with E-state index in [0.29, 0.717) is 25.9 Å². The smallest absolute Gasteiger partial charge is 0.214 e. The Labute approximate surface area is 139 Å². The molecule has 132 valence electrons. The molecule has 1 aromatic rings. The lowest BCUT2D eigenvalue weighted by Crippen LogP contribution is -2.47. The molecule has 3 atom stereocenters. The molecule has 2 heterocycles. The van der Waals surface area contributed by atoms with Crippen LogP contribution in [0.2, 0.25) is 0 Å². The predicted octanol–water partition coefficient (Wildman–Crippen LogP) is 1.93. The number of rotatable bonds is 4. The molecular formula is C16H19F2NO4S. The van der Waals surface area contributed by atoms with E-state index in [-0.39, 0.29) is 41.6 Å². The maximum Gasteiger partial charge on any atom is 0.214 e. The second-order valence-corrected chi connectivity index (χ2v) is 8.69. The molecule has 0 bridgehead atoms. The molecule has 2 fully saturated rings.